The molecule has 5 aromatic carbocycles. The molecule has 2 aliphatic heterocycles. The van der Waals surface area contributed by atoms with Crippen LogP contribution in [0.25, 0.3) is 38.8 Å². The van der Waals surface area contributed by atoms with Gasteiger partial charge in [-0.3, -0.25) is 0 Å². The topological polar surface area (TPSA) is 74.1 Å². The average molecular weight is 1080 g/mol. The van der Waals surface area contributed by atoms with E-state index in [1.54, 1.807) is 0 Å². The van der Waals surface area contributed by atoms with E-state index in [4.69, 9.17) is 28.4 Å². The van der Waals surface area contributed by atoms with Gasteiger partial charge in [-0.05, 0) is 62.9 Å². The van der Waals surface area contributed by atoms with E-state index in [0.717, 1.165) is 78.1 Å². The summed E-state index contributed by atoms with van der Waals surface area (Å²) in [6, 6.07) is 49.6. The maximum absolute atomic E-state index is 6.78. The number of nitrogens with zero attached hydrogens (tertiary/aromatic N) is 5. The minimum atomic E-state index is -0.707. The molecule has 1 saturated heterocycles. The first-order valence-corrected chi connectivity index (χ1v) is 23.1. The van der Waals surface area contributed by atoms with Crippen molar-refractivity contribution < 1.29 is 39.5 Å². The van der Waals surface area contributed by atoms with E-state index in [9.17, 15) is 0 Å². The zero-order valence-electron chi connectivity index (χ0n) is 40.2. The summed E-state index contributed by atoms with van der Waals surface area (Å²) < 4.78 is 28.7. The molecule has 0 saturated carbocycles. The normalized spacial score (nSPS) is 14.5. The van der Waals surface area contributed by atoms with E-state index in [-0.39, 0.29) is 37.1 Å². The van der Waals surface area contributed by atoms with Crippen LogP contribution < -0.4 is 15.3 Å². The molecule has 10 rings (SSSR count). The third-order valence-corrected chi connectivity index (χ3v) is 12.4. The summed E-state index contributed by atoms with van der Waals surface area (Å²) in [6.07, 6.45) is 5.57. The van der Waals surface area contributed by atoms with Gasteiger partial charge in [0.1, 0.15) is 5.82 Å². The van der Waals surface area contributed by atoms with Crippen LogP contribution in [0.5, 0.6) is 0 Å². The van der Waals surface area contributed by atoms with Gasteiger partial charge in [-0.15, -0.1) is 23.2 Å². The molecule has 2 aliphatic rings. The van der Waals surface area contributed by atoms with Crippen LogP contribution in [0, 0.1) is 18.8 Å². The van der Waals surface area contributed by atoms with Gasteiger partial charge < -0.3 is 37.8 Å². The van der Waals surface area contributed by atoms with Crippen molar-refractivity contribution in [2.24, 2.45) is 0 Å². The van der Waals surface area contributed by atoms with Gasteiger partial charge in [0.25, 0.3) is 0 Å². The molecule has 0 spiro atoms. The standard InChI is InChI=1S/C55H55B3N5O4.Pt/c1-53(2,3)41-28-29-60-51(32-41)63-47-23-14-13-20-44(47)45-27-26-38(31-50(45)63)35-64-36-39-30-42(34-59-33-39)61-37-62(49-25-16-15-24-48(49)61)52-43(40-18-11-10-12-19-40)21-17-22-46(52)56-65-57(54(4,5)6)67-58(66-56)55(7,8)9;/h10-29,32-34,37H,35-36H2,1-9H3;/q-3;. The van der Waals surface area contributed by atoms with Gasteiger partial charge in [-0.2, -0.15) is 24.3 Å². The summed E-state index contributed by atoms with van der Waals surface area (Å²) in [5.41, 5.74) is 11.8. The van der Waals surface area contributed by atoms with Crippen molar-refractivity contribution in [2.45, 2.75) is 91.6 Å². The van der Waals surface area contributed by atoms with Crippen molar-refractivity contribution in [3.05, 3.63) is 175 Å². The summed E-state index contributed by atoms with van der Waals surface area (Å²) in [6.45, 7) is 22.3. The van der Waals surface area contributed by atoms with Crippen LogP contribution in [-0.4, -0.2) is 35.9 Å². The number of para-hydroxylation sites is 4. The first-order chi connectivity index (χ1) is 32.1. The Balaban J connectivity index is 0.00000578. The number of hydrogen-bond acceptors (Lipinski definition) is 8. The molecule has 346 valence electrons. The SMILES string of the molecule is CC(C)(C)B1OB(c2cccc(-c3ccccc3)c2N2[CH-]N(c3[c-]c(COCc4[c-]c5c(cc4)c4ccccc4n5-c4cc(C(C)(C)C)ccn4)cnc3)c3ccccc32)OB(C(C)(C)C)O1.[Pt]. The summed E-state index contributed by atoms with van der Waals surface area (Å²) in [4.78, 5) is 13.9. The zero-order chi connectivity index (χ0) is 46.7. The first-order valence-electron chi connectivity index (χ1n) is 23.1. The van der Waals surface area contributed by atoms with Gasteiger partial charge in [0.05, 0.1) is 6.61 Å². The molecule has 0 aliphatic carbocycles. The second kappa shape index (κ2) is 18.8. The summed E-state index contributed by atoms with van der Waals surface area (Å²) in [7, 11) is -1.70. The van der Waals surface area contributed by atoms with E-state index in [0.29, 0.717) is 13.2 Å². The van der Waals surface area contributed by atoms with E-state index in [1.807, 2.05) is 24.7 Å². The van der Waals surface area contributed by atoms with Crippen molar-refractivity contribution >= 4 is 71.4 Å². The number of hydrogen-bond donors (Lipinski definition) is 0. The van der Waals surface area contributed by atoms with Crippen molar-refractivity contribution in [1.82, 2.24) is 14.5 Å². The molecule has 0 amide bonds. The van der Waals surface area contributed by atoms with Crippen LogP contribution in [0.3, 0.4) is 0 Å². The van der Waals surface area contributed by atoms with Gasteiger partial charge in [0.2, 0.25) is 0 Å². The molecular weight excluding hydrogens is 1020 g/mol. The molecule has 3 aromatic heterocycles. The fraction of sp³-hybridized carbons (Fsp3) is 0.255. The molecule has 0 unspecified atom stereocenters. The maximum atomic E-state index is 6.78. The third kappa shape index (κ3) is 9.34. The number of rotatable bonds is 9. The minimum Gasteiger partial charge on any atom is -0.492 e. The molecule has 13 heteroatoms. The second-order valence-electron chi connectivity index (χ2n) is 20.8. The zero-order valence-corrected chi connectivity index (χ0v) is 42.5. The molecule has 0 bridgehead atoms. The van der Waals surface area contributed by atoms with Gasteiger partial charge in [0, 0.05) is 67.5 Å². The fourth-order valence-electron chi connectivity index (χ4n) is 8.91. The Morgan fingerprint density at radius 3 is 2.04 bits per heavy atom. The predicted octanol–water partition coefficient (Wildman–Crippen LogP) is 12.6. The van der Waals surface area contributed by atoms with Crippen molar-refractivity contribution in [3.63, 3.8) is 0 Å². The number of ether oxygens (including phenoxy) is 1. The number of benzene rings is 5. The first kappa shape index (κ1) is 47.6. The van der Waals surface area contributed by atoms with Gasteiger partial charge in [0.15, 0.2) is 0 Å². The van der Waals surface area contributed by atoms with Gasteiger partial charge >= 0.3 is 21.4 Å². The fourth-order valence-corrected chi connectivity index (χ4v) is 8.91. The second-order valence-corrected chi connectivity index (χ2v) is 20.8. The molecule has 0 atom stereocenters. The summed E-state index contributed by atoms with van der Waals surface area (Å²) in [5.74, 6) is 0.873. The number of anilines is 4. The number of pyridine rings is 2. The Morgan fingerprint density at radius 2 is 1.32 bits per heavy atom. The van der Waals surface area contributed by atoms with Gasteiger partial charge in [-0.1, -0.05) is 165 Å². The Morgan fingerprint density at radius 1 is 0.647 bits per heavy atom. The Bertz CT molecular complexity index is 3070. The van der Waals surface area contributed by atoms with Crippen molar-refractivity contribution in [3.8, 4) is 16.9 Å². The van der Waals surface area contributed by atoms with Crippen LogP contribution in [0.2, 0.25) is 10.6 Å². The summed E-state index contributed by atoms with van der Waals surface area (Å²) >= 11 is 0. The molecule has 8 aromatic rings. The largest absolute Gasteiger partial charge is 0.492 e. The molecule has 9 nitrogen and oxygen atoms in total. The van der Waals surface area contributed by atoms with E-state index in [1.165, 1.54) is 5.56 Å². The van der Waals surface area contributed by atoms with Crippen molar-refractivity contribution in [1.29, 1.82) is 0 Å². The maximum Gasteiger partial charge on any atom is 0.468 e. The van der Waals surface area contributed by atoms with E-state index >= 15 is 0 Å². The molecule has 68 heavy (non-hydrogen) atoms. The van der Waals surface area contributed by atoms with Crippen LogP contribution in [0.15, 0.2) is 140 Å². The van der Waals surface area contributed by atoms with Crippen LogP contribution in [0.1, 0.15) is 79.0 Å². The quantitative estimate of drug-likeness (QED) is 0.105. The van der Waals surface area contributed by atoms with E-state index < -0.39 is 21.4 Å². The molecule has 1 fully saturated rings. The molecule has 5 heterocycles. The van der Waals surface area contributed by atoms with Crippen molar-refractivity contribution in [2.75, 3.05) is 9.80 Å². The molecular formula is C55H55B3N5O4Pt-3. The Kier molecular flexibility index (Phi) is 13.1. The smallest absolute Gasteiger partial charge is 0.468 e. The van der Waals surface area contributed by atoms with Crippen LogP contribution in [0.4, 0.5) is 22.7 Å². The number of fused-ring (bicyclic) bond motifs is 4. The monoisotopic (exact) mass is 1080 g/mol. The predicted molar refractivity (Wildman–Crippen MR) is 274 cm³/mol. The van der Waals surface area contributed by atoms with Crippen LogP contribution in [-0.2, 0) is 58.1 Å². The van der Waals surface area contributed by atoms with E-state index in [2.05, 4.69) is 211 Å². The minimum absolute atomic E-state index is 0. The van der Waals surface area contributed by atoms with Crippen LogP contribution >= 0.6 is 0 Å². The molecule has 0 N–H and O–H groups in total. The Labute approximate surface area is 416 Å². The van der Waals surface area contributed by atoms with Gasteiger partial charge in [-0.25, -0.2) is 4.98 Å². The average Bonchev–Trinajstić information content (AvgIpc) is 3.87. The summed E-state index contributed by atoms with van der Waals surface area (Å²) in [5, 5.41) is 1.69. The Hall–Kier alpha value is -5.48. The third-order valence-electron chi connectivity index (χ3n) is 12.4. The number of aromatic nitrogens is 3. The molecule has 0 radical (unpaired) electrons.